The second-order valence-electron chi connectivity index (χ2n) is 4.18. The highest BCUT2D eigenvalue weighted by atomic mass is 35.5. The number of halogens is 1. The molecule has 0 aliphatic carbocycles. The maximum Gasteiger partial charge on any atom is 0.288 e. The molecule has 19 heavy (non-hydrogen) atoms. The number of nitro groups is 1. The Bertz CT molecular complexity index is 624. The summed E-state index contributed by atoms with van der Waals surface area (Å²) in [6.45, 7) is 2.32. The van der Waals surface area contributed by atoms with Crippen LogP contribution in [0.15, 0.2) is 24.5 Å². The van der Waals surface area contributed by atoms with Gasteiger partial charge in [-0.1, -0.05) is 11.6 Å². The van der Waals surface area contributed by atoms with Crippen molar-refractivity contribution in [1.82, 2.24) is 9.55 Å². The lowest BCUT2D eigenvalue weighted by Crippen LogP contribution is -2.06. The maximum absolute atomic E-state index is 10.8. The summed E-state index contributed by atoms with van der Waals surface area (Å²) in [5.74, 6) is 0.869. The number of nitrogens with one attached hydrogen (secondary N) is 1. The van der Waals surface area contributed by atoms with Gasteiger partial charge in [0.1, 0.15) is 10.8 Å². The lowest BCUT2D eigenvalue weighted by atomic mass is 10.2. The summed E-state index contributed by atoms with van der Waals surface area (Å²) in [5, 5.41) is 14.1. The number of nitrogens with zero attached hydrogens (tertiary/aromatic N) is 3. The van der Waals surface area contributed by atoms with Crippen LogP contribution in [0.1, 0.15) is 11.4 Å². The molecule has 1 aromatic heterocycles. The van der Waals surface area contributed by atoms with Gasteiger partial charge in [-0.25, -0.2) is 4.98 Å². The number of rotatable bonds is 4. The molecule has 0 aliphatic heterocycles. The van der Waals surface area contributed by atoms with Gasteiger partial charge in [0.2, 0.25) is 0 Å². The highest BCUT2D eigenvalue weighted by molar-refractivity contribution is 6.33. The first-order valence-electron chi connectivity index (χ1n) is 5.63. The average molecular weight is 281 g/mol. The van der Waals surface area contributed by atoms with Crippen LogP contribution in [-0.4, -0.2) is 14.5 Å². The second-order valence-corrected chi connectivity index (χ2v) is 4.59. The molecule has 2 aromatic rings. The van der Waals surface area contributed by atoms with Crippen molar-refractivity contribution in [2.45, 2.75) is 13.5 Å². The van der Waals surface area contributed by atoms with Crippen molar-refractivity contribution in [3.8, 4) is 0 Å². The summed E-state index contributed by atoms with van der Waals surface area (Å²) in [6.07, 6.45) is 3.57. The average Bonchev–Trinajstić information content (AvgIpc) is 2.75. The molecule has 6 nitrogen and oxygen atoms in total. The van der Waals surface area contributed by atoms with Crippen molar-refractivity contribution in [3.05, 3.63) is 51.1 Å². The van der Waals surface area contributed by atoms with Crippen LogP contribution in [-0.2, 0) is 13.6 Å². The Balaban J connectivity index is 2.20. The summed E-state index contributed by atoms with van der Waals surface area (Å²) in [5.41, 5.74) is 1.45. The van der Waals surface area contributed by atoms with Crippen molar-refractivity contribution < 1.29 is 4.92 Å². The number of nitro benzene ring substituents is 1. The maximum atomic E-state index is 10.8. The lowest BCUT2D eigenvalue weighted by molar-refractivity contribution is -0.384. The minimum atomic E-state index is -0.488. The molecule has 0 radical (unpaired) electrons. The first-order valence-corrected chi connectivity index (χ1v) is 6.01. The molecule has 0 spiro atoms. The van der Waals surface area contributed by atoms with E-state index in [9.17, 15) is 10.1 Å². The van der Waals surface area contributed by atoms with Crippen LogP contribution in [0.4, 0.5) is 11.4 Å². The van der Waals surface area contributed by atoms with Crippen molar-refractivity contribution in [1.29, 1.82) is 0 Å². The molecule has 0 bridgehead atoms. The molecule has 1 N–H and O–H groups in total. The number of benzene rings is 1. The molecule has 100 valence electrons. The van der Waals surface area contributed by atoms with Crippen molar-refractivity contribution >= 4 is 23.0 Å². The largest absolute Gasteiger partial charge is 0.378 e. The Labute approximate surface area is 115 Å². The molecule has 0 saturated heterocycles. The van der Waals surface area contributed by atoms with Gasteiger partial charge in [-0.3, -0.25) is 10.1 Å². The summed E-state index contributed by atoms with van der Waals surface area (Å²) >= 11 is 5.89. The molecule has 0 aliphatic rings. The fraction of sp³-hybridized carbons (Fsp3) is 0.250. The Hall–Kier alpha value is -2.08. The summed E-state index contributed by atoms with van der Waals surface area (Å²) in [7, 11) is 1.90. The Kier molecular flexibility index (Phi) is 3.71. The number of aromatic nitrogens is 2. The Morgan fingerprint density at radius 1 is 1.53 bits per heavy atom. The third-order valence-corrected chi connectivity index (χ3v) is 3.15. The molecule has 0 amide bonds. The first kappa shape index (κ1) is 13.4. The lowest BCUT2D eigenvalue weighted by Gasteiger charge is -2.10. The molecular formula is C12H13ClN4O2. The van der Waals surface area contributed by atoms with Crippen LogP contribution in [0.2, 0.25) is 5.02 Å². The number of anilines is 1. The molecule has 0 atom stereocenters. The van der Waals surface area contributed by atoms with Gasteiger partial charge in [0.15, 0.2) is 0 Å². The normalized spacial score (nSPS) is 10.5. The van der Waals surface area contributed by atoms with Crippen molar-refractivity contribution in [2.75, 3.05) is 5.32 Å². The van der Waals surface area contributed by atoms with Crippen molar-refractivity contribution in [3.63, 3.8) is 0 Å². The van der Waals surface area contributed by atoms with Crippen LogP contribution in [0, 0.1) is 17.0 Å². The van der Waals surface area contributed by atoms with Crippen LogP contribution in [0.25, 0.3) is 0 Å². The van der Waals surface area contributed by atoms with E-state index < -0.39 is 4.92 Å². The van der Waals surface area contributed by atoms with E-state index in [0.717, 1.165) is 17.1 Å². The van der Waals surface area contributed by atoms with Gasteiger partial charge in [-0.15, -0.1) is 0 Å². The molecule has 0 fully saturated rings. The molecule has 0 unspecified atom stereocenters. The molecule has 1 aromatic carbocycles. The smallest absolute Gasteiger partial charge is 0.288 e. The van der Waals surface area contributed by atoms with Gasteiger partial charge in [0, 0.05) is 31.2 Å². The van der Waals surface area contributed by atoms with E-state index >= 15 is 0 Å². The number of aryl methyl sites for hydroxylation is 2. The van der Waals surface area contributed by atoms with E-state index in [2.05, 4.69) is 10.3 Å². The quantitative estimate of drug-likeness (QED) is 0.690. The van der Waals surface area contributed by atoms with Gasteiger partial charge in [-0.05, 0) is 18.6 Å². The Morgan fingerprint density at radius 3 is 2.84 bits per heavy atom. The second kappa shape index (κ2) is 5.27. The Morgan fingerprint density at radius 2 is 2.26 bits per heavy atom. The van der Waals surface area contributed by atoms with Gasteiger partial charge in [0.05, 0.1) is 11.5 Å². The van der Waals surface area contributed by atoms with Crippen molar-refractivity contribution in [2.24, 2.45) is 7.05 Å². The topological polar surface area (TPSA) is 73.0 Å². The van der Waals surface area contributed by atoms with Crippen LogP contribution < -0.4 is 5.32 Å². The van der Waals surface area contributed by atoms with Gasteiger partial charge < -0.3 is 9.88 Å². The monoisotopic (exact) mass is 280 g/mol. The van der Waals surface area contributed by atoms with Crippen LogP contribution in [0.3, 0.4) is 0 Å². The predicted octanol–water partition coefficient (Wildman–Crippen LogP) is 2.90. The summed E-state index contributed by atoms with van der Waals surface area (Å²) in [6, 6.07) is 3.03. The fourth-order valence-electron chi connectivity index (χ4n) is 1.74. The van der Waals surface area contributed by atoms with E-state index in [4.69, 9.17) is 11.6 Å². The summed E-state index contributed by atoms with van der Waals surface area (Å²) in [4.78, 5) is 14.5. The van der Waals surface area contributed by atoms with E-state index in [0.29, 0.717) is 6.54 Å². The zero-order chi connectivity index (χ0) is 14.0. The van der Waals surface area contributed by atoms with Crippen LogP contribution >= 0.6 is 11.6 Å². The van der Waals surface area contributed by atoms with Crippen LogP contribution in [0.5, 0.6) is 0 Å². The number of hydrogen-bond donors (Lipinski definition) is 1. The molecule has 1 heterocycles. The minimum absolute atomic E-state index is 0.0818. The number of imidazole rings is 1. The zero-order valence-corrected chi connectivity index (χ0v) is 11.3. The highest BCUT2D eigenvalue weighted by Crippen LogP contribution is 2.30. The van der Waals surface area contributed by atoms with E-state index in [-0.39, 0.29) is 10.7 Å². The fourth-order valence-corrected chi connectivity index (χ4v) is 1.97. The highest BCUT2D eigenvalue weighted by Gasteiger charge is 2.15. The predicted molar refractivity (Wildman–Crippen MR) is 73.4 cm³/mol. The summed E-state index contributed by atoms with van der Waals surface area (Å²) < 4.78 is 1.90. The third kappa shape index (κ3) is 2.85. The van der Waals surface area contributed by atoms with Gasteiger partial charge in [0.25, 0.3) is 5.69 Å². The first-order chi connectivity index (χ1) is 8.99. The number of hydrogen-bond acceptors (Lipinski definition) is 4. The molecule has 0 saturated carbocycles. The zero-order valence-electron chi connectivity index (χ0n) is 10.6. The molecule has 7 heteroatoms. The van der Waals surface area contributed by atoms with Gasteiger partial charge >= 0.3 is 0 Å². The SMILES string of the molecule is Cc1cc([N+](=O)[O-])c(Cl)cc1NCc1nccn1C. The molecule has 2 rings (SSSR count). The molecular weight excluding hydrogens is 268 g/mol. The minimum Gasteiger partial charge on any atom is -0.378 e. The van der Waals surface area contributed by atoms with E-state index in [1.165, 1.54) is 6.07 Å². The van der Waals surface area contributed by atoms with E-state index in [1.807, 2.05) is 17.8 Å². The van der Waals surface area contributed by atoms with E-state index in [1.54, 1.807) is 19.2 Å². The third-order valence-electron chi connectivity index (χ3n) is 2.85. The standard InChI is InChI=1S/C12H13ClN4O2/c1-8-5-11(17(18)19)9(13)6-10(8)15-7-12-14-3-4-16(12)2/h3-6,15H,7H2,1-2H3. The van der Waals surface area contributed by atoms with Gasteiger partial charge in [-0.2, -0.15) is 0 Å².